The second-order valence-corrected chi connectivity index (χ2v) is 13.7. The summed E-state index contributed by atoms with van der Waals surface area (Å²) < 4.78 is 53.0. The third kappa shape index (κ3) is 13.3. The van der Waals surface area contributed by atoms with Gasteiger partial charge in [0.2, 0.25) is 15.9 Å². The van der Waals surface area contributed by atoms with E-state index >= 15 is 0 Å². The smallest absolute Gasteiger partial charge is 0.253 e. The Hall–Kier alpha value is -3.46. The Kier molecular flexibility index (Phi) is 15.9. The number of benzene rings is 2. The lowest BCUT2D eigenvalue weighted by Crippen LogP contribution is -2.53. The first-order valence-corrected chi connectivity index (χ1v) is 17.6. The summed E-state index contributed by atoms with van der Waals surface area (Å²) in [5.41, 5.74) is 2.65. The lowest BCUT2D eigenvalue weighted by atomic mass is 9.99. The number of halogens is 2. The van der Waals surface area contributed by atoms with Crippen LogP contribution in [0.15, 0.2) is 41.3 Å². The van der Waals surface area contributed by atoms with E-state index in [9.17, 15) is 36.7 Å². The number of nitrogens with one attached hydrogen (secondary N) is 2. The number of hydrogen-bond acceptors (Lipinski definition) is 7. The zero-order chi connectivity index (χ0) is 35.3. The van der Waals surface area contributed by atoms with Crippen molar-refractivity contribution < 1.29 is 36.7 Å². The summed E-state index contributed by atoms with van der Waals surface area (Å²) in [5, 5.41) is 21.0. The number of hydrazine groups is 1. The minimum Gasteiger partial charge on any atom is -0.390 e. The normalized spacial score (nSPS) is 13.0. The maximum atomic E-state index is 14.1. The number of unbranched alkanes of at least 4 members (excludes halogenated alkanes) is 1. The number of carbonyl (C=O) groups excluding carboxylic acids is 3. The predicted octanol–water partition coefficient (Wildman–Crippen LogP) is 3.76. The van der Waals surface area contributed by atoms with E-state index in [4.69, 9.17) is 5.14 Å². The summed E-state index contributed by atoms with van der Waals surface area (Å²) >= 11 is 0. The van der Waals surface area contributed by atoms with E-state index in [-0.39, 0.29) is 47.9 Å². The topological polar surface area (TPSA) is 162 Å². The largest absolute Gasteiger partial charge is 0.390 e. The Balaban J connectivity index is 2.51. The molecule has 0 bridgehead atoms. The van der Waals surface area contributed by atoms with Gasteiger partial charge < -0.3 is 15.3 Å². The number of sulfonamides is 1. The van der Waals surface area contributed by atoms with Gasteiger partial charge in [-0.25, -0.2) is 27.3 Å². The van der Waals surface area contributed by atoms with Crippen molar-refractivity contribution in [2.24, 2.45) is 11.1 Å². The van der Waals surface area contributed by atoms with Crippen molar-refractivity contribution in [2.45, 2.75) is 90.2 Å². The van der Waals surface area contributed by atoms with E-state index in [1.165, 1.54) is 6.07 Å². The predicted molar refractivity (Wildman–Crippen MR) is 176 cm³/mol. The van der Waals surface area contributed by atoms with Crippen LogP contribution >= 0.6 is 0 Å². The maximum Gasteiger partial charge on any atom is 0.253 e. The number of primary sulfonamides is 1. The number of aliphatic hydroxyl groups excluding tert-OH is 1. The Morgan fingerprint density at radius 1 is 0.894 bits per heavy atom. The van der Waals surface area contributed by atoms with Crippen LogP contribution in [0.4, 0.5) is 8.78 Å². The molecule has 2 rings (SSSR count). The van der Waals surface area contributed by atoms with Gasteiger partial charge in [-0.3, -0.25) is 19.8 Å². The third-order valence-electron chi connectivity index (χ3n) is 7.24. The van der Waals surface area contributed by atoms with Gasteiger partial charge in [-0.2, -0.15) is 0 Å². The molecule has 5 N–H and O–H groups in total. The Labute approximate surface area is 276 Å². The Bertz CT molecular complexity index is 1450. The van der Waals surface area contributed by atoms with E-state index in [0.29, 0.717) is 45.0 Å². The molecular weight excluding hydrogens is 632 g/mol. The first-order chi connectivity index (χ1) is 22.1. The molecule has 0 spiro atoms. The van der Waals surface area contributed by atoms with Gasteiger partial charge in [0.05, 0.1) is 17.0 Å². The van der Waals surface area contributed by atoms with Gasteiger partial charge >= 0.3 is 0 Å². The van der Waals surface area contributed by atoms with Gasteiger partial charge in [-0.1, -0.05) is 41.0 Å². The standard InChI is InChI=1S/C33H49F2N5O6S/c1-6-9-12-40(38-31(42)13-22(4)5)21-30(41)29(16-23-14-26(34)20-27(35)15-23)37-32(43)24-17-25(19-28(18-24)47(36,45)46)33(44)39(10-7-2)11-8-3/h14-15,17-20,22,29-30,41H,6-13,16,21H2,1-5H3,(H,37,43)(H,38,42)(H2,36,45,46). The molecule has 0 radical (unpaired) electrons. The summed E-state index contributed by atoms with van der Waals surface area (Å²) in [6, 6.07) is 5.06. The molecule has 0 heterocycles. The highest BCUT2D eigenvalue weighted by Crippen LogP contribution is 2.19. The number of nitrogens with two attached hydrogens (primary N) is 1. The molecule has 0 fully saturated rings. The quantitative estimate of drug-likeness (QED) is 0.164. The molecule has 47 heavy (non-hydrogen) atoms. The average molecular weight is 682 g/mol. The van der Waals surface area contributed by atoms with Crippen LogP contribution in [0.5, 0.6) is 0 Å². The van der Waals surface area contributed by atoms with Crippen LogP contribution in [-0.2, 0) is 21.2 Å². The molecule has 0 aliphatic rings. The van der Waals surface area contributed by atoms with Gasteiger partial charge in [0.25, 0.3) is 11.8 Å². The van der Waals surface area contributed by atoms with Crippen LogP contribution in [0.25, 0.3) is 0 Å². The third-order valence-corrected chi connectivity index (χ3v) is 8.14. The van der Waals surface area contributed by atoms with Crippen molar-refractivity contribution in [3.63, 3.8) is 0 Å². The maximum absolute atomic E-state index is 14.1. The van der Waals surface area contributed by atoms with Crippen molar-refractivity contribution in [2.75, 3.05) is 26.2 Å². The number of aliphatic hydroxyl groups is 1. The first kappa shape index (κ1) is 39.7. The van der Waals surface area contributed by atoms with Crippen LogP contribution in [0, 0.1) is 17.6 Å². The summed E-state index contributed by atoms with van der Waals surface area (Å²) in [7, 11) is -4.34. The van der Waals surface area contributed by atoms with Gasteiger partial charge in [0.1, 0.15) is 11.6 Å². The first-order valence-electron chi connectivity index (χ1n) is 16.0. The van der Waals surface area contributed by atoms with Crippen LogP contribution in [0.2, 0.25) is 0 Å². The minimum atomic E-state index is -4.34. The molecule has 2 aromatic carbocycles. The Morgan fingerprint density at radius 3 is 2.02 bits per heavy atom. The Morgan fingerprint density at radius 2 is 1.49 bits per heavy atom. The highest BCUT2D eigenvalue weighted by atomic mass is 32.2. The highest BCUT2D eigenvalue weighted by Gasteiger charge is 2.28. The number of carbonyl (C=O) groups is 3. The zero-order valence-electron chi connectivity index (χ0n) is 27.9. The molecule has 0 saturated heterocycles. The van der Waals surface area contributed by atoms with Crippen molar-refractivity contribution >= 4 is 27.7 Å². The van der Waals surface area contributed by atoms with Crippen molar-refractivity contribution in [1.29, 1.82) is 0 Å². The zero-order valence-corrected chi connectivity index (χ0v) is 28.7. The van der Waals surface area contributed by atoms with Gasteiger partial charge in [0.15, 0.2) is 0 Å². The van der Waals surface area contributed by atoms with Gasteiger partial charge in [-0.15, -0.1) is 0 Å². The summed E-state index contributed by atoms with van der Waals surface area (Å²) in [6.07, 6.45) is 1.45. The van der Waals surface area contributed by atoms with Crippen molar-refractivity contribution in [3.05, 3.63) is 64.7 Å². The van der Waals surface area contributed by atoms with Gasteiger partial charge in [0, 0.05) is 49.8 Å². The summed E-state index contributed by atoms with van der Waals surface area (Å²) in [4.78, 5) is 40.7. The highest BCUT2D eigenvalue weighted by molar-refractivity contribution is 7.89. The summed E-state index contributed by atoms with van der Waals surface area (Å²) in [6.45, 7) is 10.6. The molecule has 2 atom stereocenters. The van der Waals surface area contributed by atoms with Gasteiger partial charge in [-0.05, 0) is 67.5 Å². The lowest BCUT2D eigenvalue weighted by molar-refractivity contribution is -0.127. The molecule has 0 aromatic heterocycles. The SMILES string of the molecule is CCCCN(CC(O)C(Cc1cc(F)cc(F)c1)NC(=O)c1cc(C(=O)N(CCC)CCC)cc(S(N)(=O)=O)c1)NC(=O)CC(C)C. The number of amides is 3. The van der Waals surface area contributed by atoms with E-state index in [0.717, 1.165) is 30.7 Å². The molecule has 2 aromatic rings. The van der Waals surface area contributed by atoms with E-state index < -0.39 is 50.5 Å². The van der Waals surface area contributed by atoms with E-state index in [2.05, 4.69) is 10.7 Å². The lowest BCUT2D eigenvalue weighted by Gasteiger charge is -2.31. The molecule has 0 saturated carbocycles. The molecule has 2 unspecified atom stereocenters. The molecule has 14 heteroatoms. The molecule has 262 valence electrons. The van der Waals surface area contributed by atoms with Crippen molar-refractivity contribution in [1.82, 2.24) is 20.7 Å². The molecule has 0 aliphatic heterocycles. The molecular formula is C33H49F2N5O6S. The number of hydrogen-bond donors (Lipinski definition) is 4. The van der Waals surface area contributed by atoms with Crippen LogP contribution in [0.1, 0.15) is 93.0 Å². The number of rotatable bonds is 19. The van der Waals surface area contributed by atoms with E-state index in [1.807, 2.05) is 34.6 Å². The fourth-order valence-electron chi connectivity index (χ4n) is 5.06. The van der Waals surface area contributed by atoms with Crippen LogP contribution < -0.4 is 15.9 Å². The number of nitrogens with zero attached hydrogens (tertiary/aromatic N) is 2. The molecule has 11 nitrogen and oxygen atoms in total. The monoisotopic (exact) mass is 681 g/mol. The van der Waals surface area contributed by atoms with Crippen LogP contribution in [0.3, 0.4) is 0 Å². The molecule has 3 amide bonds. The van der Waals surface area contributed by atoms with Crippen LogP contribution in [-0.4, -0.2) is 79.5 Å². The second-order valence-electron chi connectivity index (χ2n) is 12.1. The summed E-state index contributed by atoms with van der Waals surface area (Å²) in [5.74, 6) is -3.21. The average Bonchev–Trinajstić information content (AvgIpc) is 2.97. The van der Waals surface area contributed by atoms with Crippen molar-refractivity contribution in [3.8, 4) is 0 Å². The fourth-order valence-corrected chi connectivity index (χ4v) is 5.64. The minimum absolute atomic E-state index is 0.0634. The molecule has 0 aliphatic carbocycles. The fraction of sp³-hybridized carbons (Fsp3) is 0.545. The second kappa shape index (κ2) is 18.8. The van der Waals surface area contributed by atoms with E-state index in [1.54, 1.807) is 9.91 Å².